The van der Waals surface area contributed by atoms with E-state index in [0.29, 0.717) is 0 Å². The largest absolute Gasteiger partial charge is 0.126 e. The third-order valence-corrected chi connectivity index (χ3v) is 3.22. The van der Waals surface area contributed by atoms with Crippen molar-refractivity contribution in [2.24, 2.45) is 5.92 Å². The minimum absolute atomic E-state index is 0.861. The summed E-state index contributed by atoms with van der Waals surface area (Å²) in [6, 6.07) is 0. The quantitative estimate of drug-likeness (QED) is 0.512. The molecule has 0 aromatic heterocycles. The fourth-order valence-corrected chi connectivity index (χ4v) is 2.49. The first kappa shape index (κ1) is 6.53. The van der Waals surface area contributed by atoms with Gasteiger partial charge in [0.15, 0.2) is 0 Å². The van der Waals surface area contributed by atoms with E-state index in [9.17, 15) is 0 Å². The number of rotatable bonds is 0. The monoisotopic (exact) mass is 151 g/mol. The van der Waals surface area contributed by atoms with Gasteiger partial charge < -0.3 is 0 Å². The van der Waals surface area contributed by atoms with Crippen molar-refractivity contribution >= 4 is 11.8 Å². The third-order valence-electron chi connectivity index (χ3n) is 2.07. The van der Waals surface area contributed by atoms with Crippen molar-refractivity contribution in [3.05, 3.63) is 28.9 Å². The highest BCUT2D eigenvalue weighted by Gasteiger charge is 2.19. The Bertz CT molecular complexity index is 179. The molecule has 1 heterocycles. The Morgan fingerprint density at radius 2 is 2.50 bits per heavy atom. The normalized spacial score (nSPS) is 31.2. The predicted octanol–water partition coefficient (Wildman–Crippen LogP) is 3.14. The minimum Gasteiger partial charge on any atom is -0.126 e. The first-order valence-electron chi connectivity index (χ1n) is 3.82. The summed E-state index contributed by atoms with van der Waals surface area (Å²) in [4.78, 5) is 1.58. The summed E-state index contributed by atoms with van der Waals surface area (Å²) in [6.07, 6.45) is 10.6. The summed E-state index contributed by atoms with van der Waals surface area (Å²) >= 11 is 1.93. The number of hydrogen-bond acceptors (Lipinski definition) is 1. The van der Waals surface area contributed by atoms with Gasteiger partial charge in [0.25, 0.3) is 0 Å². The van der Waals surface area contributed by atoms with E-state index in [1.807, 2.05) is 11.8 Å². The lowest BCUT2D eigenvalue weighted by Crippen LogP contribution is -2.07. The molecule has 53 valence electrons. The molecule has 0 nitrogen and oxygen atoms in total. The zero-order valence-corrected chi connectivity index (χ0v) is 6.73. The van der Waals surface area contributed by atoms with Crippen molar-refractivity contribution in [2.45, 2.75) is 19.3 Å². The molecule has 1 fully saturated rings. The number of fused-ring (bicyclic) bond motifs is 1. The Kier molecular flexibility index (Phi) is 1.85. The second-order valence-electron chi connectivity index (χ2n) is 2.79. The van der Waals surface area contributed by atoms with Gasteiger partial charge in [-0.15, -0.1) is 11.8 Å². The van der Waals surface area contributed by atoms with Crippen LogP contribution in [0.3, 0.4) is 0 Å². The molecular weight excluding hydrogens is 140 g/mol. The lowest BCUT2D eigenvalue weighted by molar-refractivity contribution is 0.581. The molecule has 0 spiro atoms. The second kappa shape index (κ2) is 2.83. The summed E-state index contributed by atoms with van der Waals surface area (Å²) in [7, 11) is 0. The van der Waals surface area contributed by atoms with E-state index < -0.39 is 0 Å². The molecule has 0 N–H and O–H groups in total. The van der Waals surface area contributed by atoms with Crippen molar-refractivity contribution in [1.82, 2.24) is 0 Å². The fraction of sp³-hybridized carbons (Fsp3) is 0.444. The molecule has 0 saturated carbocycles. The van der Waals surface area contributed by atoms with Crippen LogP contribution < -0.4 is 0 Å². The molecule has 2 rings (SSSR count). The van der Waals surface area contributed by atoms with E-state index >= 15 is 0 Å². The molecule has 10 heavy (non-hydrogen) atoms. The molecule has 2 aliphatic rings. The van der Waals surface area contributed by atoms with Gasteiger partial charge in [0.2, 0.25) is 0 Å². The van der Waals surface area contributed by atoms with E-state index in [0.717, 1.165) is 5.92 Å². The summed E-state index contributed by atoms with van der Waals surface area (Å²) < 4.78 is 0. The van der Waals surface area contributed by atoms with Crippen LogP contribution in [0.25, 0.3) is 0 Å². The topological polar surface area (TPSA) is 0 Å². The fourth-order valence-electron chi connectivity index (χ4n) is 1.48. The smallest absolute Gasteiger partial charge is 0.0214 e. The van der Waals surface area contributed by atoms with Crippen LogP contribution in [0.15, 0.2) is 23.1 Å². The zero-order chi connectivity index (χ0) is 6.81. The summed E-state index contributed by atoms with van der Waals surface area (Å²) in [5, 5.41) is 0. The highest BCUT2D eigenvalue weighted by Crippen LogP contribution is 2.40. The maximum atomic E-state index is 2.32. The number of thioether (sulfide) groups is 1. The van der Waals surface area contributed by atoms with Crippen LogP contribution in [0.1, 0.15) is 19.3 Å². The van der Waals surface area contributed by atoms with Crippen LogP contribution in [-0.2, 0) is 0 Å². The minimum atomic E-state index is 0.861. The van der Waals surface area contributed by atoms with Gasteiger partial charge in [-0.05, 0) is 30.1 Å². The maximum absolute atomic E-state index is 2.32. The molecule has 1 radical (unpaired) electrons. The second-order valence-corrected chi connectivity index (χ2v) is 3.83. The molecule has 1 unspecified atom stereocenters. The average Bonchev–Trinajstić information content (AvgIpc) is 2.05. The standard InChI is InChI=1S/C9H11S/c1-2-6-9-8(4-1)5-3-7-10-9/h1-2,6-8H,3-5H2. The van der Waals surface area contributed by atoms with Crippen molar-refractivity contribution in [3.63, 3.8) is 0 Å². The van der Waals surface area contributed by atoms with Crippen LogP contribution in [0.2, 0.25) is 0 Å². The molecular formula is C9H11S. The van der Waals surface area contributed by atoms with Crippen molar-refractivity contribution in [3.8, 4) is 0 Å². The van der Waals surface area contributed by atoms with E-state index in [1.165, 1.54) is 19.3 Å². The summed E-state index contributed by atoms with van der Waals surface area (Å²) in [5.74, 6) is 3.18. The molecule has 1 saturated heterocycles. The first-order chi connectivity index (χ1) is 4.97. The Labute approximate surface area is 66.4 Å². The Balaban J connectivity index is 2.14. The zero-order valence-electron chi connectivity index (χ0n) is 5.92. The van der Waals surface area contributed by atoms with E-state index in [4.69, 9.17) is 0 Å². The van der Waals surface area contributed by atoms with Gasteiger partial charge in [-0.2, -0.15) is 0 Å². The summed E-state index contributed by atoms with van der Waals surface area (Å²) in [6.45, 7) is 0. The molecule has 1 aliphatic carbocycles. The predicted molar refractivity (Wildman–Crippen MR) is 46.5 cm³/mol. The molecule has 0 amide bonds. The third kappa shape index (κ3) is 1.15. The van der Waals surface area contributed by atoms with Crippen LogP contribution in [0.4, 0.5) is 0 Å². The lowest BCUT2D eigenvalue weighted by Gasteiger charge is -2.24. The SMILES string of the molecule is [CH]1CCC2CC=CC=C2S1. The van der Waals surface area contributed by atoms with Gasteiger partial charge in [-0.1, -0.05) is 18.2 Å². The highest BCUT2D eigenvalue weighted by molar-refractivity contribution is 8.05. The van der Waals surface area contributed by atoms with Crippen molar-refractivity contribution < 1.29 is 0 Å². The first-order valence-corrected chi connectivity index (χ1v) is 4.70. The number of allylic oxidation sites excluding steroid dienone is 4. The van der Waals surface area contributed by atoms with Gasteiger partial charge in [-0.3, -0.25) is 0 Å². The van der Waals surface area contributed by atoms with E-state index in [-0.39, 0.29) is 0 Å². The Morgan fingerprint density at radius 1 is 1.50 bits per heavy atom. The Morgan fingerprint density at radius 3 is 3.40 bits per heavy atom. The molecule has 1 aliphatic heterocycles. The molecule has 0 aromatic rings. The lowest BCUT2D eigenvalue weighted by atomic mass is 9.95. The van der Waals surface area contributed by atoms with Gasteiger partial charge >= 0.3 is 0 Å². The maximum Gasteiger partial charge on any atom is 0.0214 e. The van der Waals surface area contributed by atoms with Crippen LogP contribution >= 0.6 is 11.8 Å². The summed E-state index contributed by atoms with van der Waals surface area (Å²) in [5.41, 5.74) is 0. The van der Waals surface area contributed by atoms with Crippen LogP contribution in [0, 0.1) is 11.7 Å². The van der Waals surface area contributed by atoms with Gasteiger partial charge in [0.05, 0.1) is 0 Å². The van der Waals surface area contributed by atoms with Crippen molar-refractivity contribution in [1.29, 1.82) is 0 Å². The van der Waals surface area contributed by atoms with Gasteiger partial charge in [0, 0.05) is 5.75 Å². The van der Waals surface area contributed by atoms with E-state index in [1.54, 1.807) is 4.91 Å². The average molecular weight is 151 g/mol. The Hall–Kier alpha value is -0.170. The number of hydrogen-bond donors (Lipinski definition) is 0. The molecule has 1 atom stereocenters. The molecule has 1 heteroatoms. The molecule has 0 aromatic carbocycles. The highest BCUT2D eigenvalue weighted by atomic mass is 32.2. The van der Waals surface area contributed by atoms with Gasteiger partial charge in [-0.25, -0.2) is 0 Å². The van der Waals surface area contributed by atoms with E-state index in [2.05, 4.69) is 24.0 Å². The van der Waals surface area contributed by atoms with Crippen LogP contribution in [0.5, 0.6) is 0 Å². The molecule has 0 bridgehead atoms. The van der Waals surface area contributed by atoms with Gasteiger partial charge in [0.1, 0.15) is 0 Å². The van der Waals surface area contributed by atoms with Crippen LogP contribution in [-0.4, -0.2) is 0 Å². The van der Waals surface area contributed by atoms with Crippen molar-refractivity contribution in [2.75, 3.05) is 0 Å².